The summed E-state index contributed by atoms with van der Waals surface area (Å²) in [5.41, 5.74) is 3.61. The Labute approximate surface area is 133 Å². The van der Waals surface area contributed by atoms with Crippen molar-refractivity contribution in [2.45, 2.75) is 71.2 Å². The molecule has 118 valence electrons. The Morgan fingerprint density at radius 1 is 0.952 bits per heavy atom. The fraction of sp³-hybridized carbons (Fsp3) is 0.667. The topological polar surface area (TPSA) is 9.23 Å². The van der Waals surface area contributed by atoms with E-state index in [0.717, 1.165) is 0 Å². The number of fused-ring (bicyclic) bond motifs is 1. The molecule has 0 saturated carbocycles. The van der Waals surface area contributed by atoms with Crippen LogP contribution in [0.5, 0.6) is 0 Å². The van der Waals surface area contributed by atoms with Crippen molar-refractivity contribution >= 4 is 16.4 Å². The number of benzene rings is 1. The highest BCUT2D eigenvalue weighted by Crippen LogP contribution is 2.64. The summed E-state index contributed by atoms with van der Waals surface area (Å²) in [4.78, 5) is 0. The zero-order valence-electron chi connectivity index (χ0n) is 15.3. The molecule has 0 aromatic heterocycles. The van der Waals surface area contributed by atoms with Crippen LogP contribution in [0.1, 0.15) is 37.4 Å². The van der Waals surface area contributed by atoms with Gasteiger partial charge in [0.2, 0.25) is 0 Å². The van der Waals surface area contributed by atoms with Crippen molar-refractivity contribution in [1.29, 1.82) is 0 Å². The van der Waals surface area contributed by atoms with Gasteiger partial charge in [-0.15, -0.1) is 0 Å². The molecule has 3 heteroatoms. The minimum atomic E-state index is -1.64. The van der Waals surface area contributed by atoms with E-state index in [1.165, 1.54) is 5.56 Å². The van der Waals surface area contributed by atoms with Gasteiger partial charge in [0.05, 0.1) is 13.7 Å². The molecule has 0 spiro atoms. The fourth-order valence-corrected chi connectivity index (χ4v) is 8.72. The van der Waals surface area contributed by atoms with Gasteiger partial charge < -0.3 is 4.43 Å². The van der Waals surface area contributed by atoms with Crippen molar-refractivity contribution in [2.75, 3.05) is 0 Å². The molecule has 0 fully saturated rings. The standard InChI is InChI=1S/C18H32OSi2/c1-17(2,3)18(19-21(7,8)9)15-13-11-10-12-14(15)16(18)20(4,5)6/h10-13,16H,1-9H3/t16-,18-/m0/s1. The van der Waals surface area contributed by atoms with Crippen LogP contribution in [0.4, 0.5) is 0 Å². The molecular weight excluding hydrogens is 288 g/mol. The van der Waals surface area contributed by atoms with Crippen LogP contribution in [0.3, 0.4) is 0 Å². The van der Waals surface area contributed by atoms with E-state index < -0.39 is 16.4 Å². The van der Waals surface area contributed by atoms with Crippen LogP contribution in [0.2, 0.25) is 39.3 Å². The van der Waals surface area contributed by atoms with Gasteiger partial charge in [0.25, 0.3) is 0 Å². The van der Waals surface area contributed by atoms with Gasteiger partial charge in [-0.2, -0.15) is 0 Å². The van der Waals surface area contributed by atoms with Gasteiger partial charge >= 0.3 is 0 Å². The highest BCUT2D eigenvalue weighted by atomic mass is 28.4. The van der Waals surface area contributed by atoms with Gasteiger partial charge in [-0.25, -0.2) is 0 Å². The van der Waals surface area contributed by atoms with Gasteiger partial charge in [0.1, 0.15) is 0 Å². The van der Waals surface area contributed by atoms with Crippen LogP contribution < -0.4 is 0 Å². The third kappa shape index (κ3) is 2.68. The van der Waals surface area contributed by atoms with Crippen LogP contribution in [0.25, 0.3) is 0 Å². The Balaban J connectivity index is 2.69. The van der Waals surface area contributed by atoms with Crippen molar-refractivity contribution < 1.29 is 4.43 Å². The molecule has 0 aliphatic heterocycles. The molecule has 1 aliphatic carbocycles. The van der Waals surface area contributed by atoms with Crippen LogP contribution >= 0.6 is 0 Å². The summed E-state index contributed by atoms with van der Waals surface area (Å²) in [6, 6.07) is 8.99. The van der Waals surface area contributed by atoms with E-state index in [1.54, 1.807) is 5.56 Å². The average molecular weight is 321 g/mol. The number of hydrogen-bond acceptors (Lipinski definition) is 1. The first kappa shape index (κ1) is 17.0. The van der Waals surface area contributed by atoms with Crippen LogP contribution in [0, 0.1) is 5.41 Å². The molecule has 1 aromatic carbocycles. The monoisotopic (exact) mass is 320 g/mol. The average Bonchev–Trinajstić information content (AvgIpc) is 2.20. The Hall–Kier alpha value is -0.386. The van der Waals surface area contributed by atoms with Crippen molar-refractivity contribution in [3.8, 4) is 0 Å². The Morgan fingerprint density at radius 2 is 1.48 bits per heavy atom. The Bertz CT molecular complexity index is 531. The minimum absolute atomic E-state index is 0.0987. The highest BCUT2D eigenvalue weighted by molar-refractivity contribution is 6.78. The lowest BCUT2D eigenvalue weighted by molar-refractivity contribution is -0.0750. The second-order valence-corrected chi connectivity index (χ2v) is 19.3. The summed E-state index contributed by atoms with van der Waals surface area (Å²) in [6.07, 6.45) is 0. The minimum Gasteiger partial charge on any atom is -0.407 e. The Morgan fingerprint density at radius 3 is 1.90 bits per heavy atom. The number of hydrogen-bond donors (Lipinski definition) is 0. The quantitative estimate of drug-likeness (QED) is 0.644. The second kappa shape index (κ2) is 4.80. The molecule has 2 rings (SSSR count). The van der Waals surface area contributed by atoms with Crippen molar-refractivity contribution in [3.63, 3.8) is 0 Å². The fourth-order valence-electron chi connectivity index (χ4n) is 4.05. The maximum atomic E-state index is 6.96. The van der Waals surface area contributed by atoms with Crippen LogP contribution in [-0.2, 0) is 10.0 Å². The normalized spacial score (nSPS) is 26.2. The molecule has 1 nitrogen and oxygen atoms in total. The van der Waals surface area contributed by atoms with Gasteiger partial charge in [-0.05, 0) is 36.2 Å². The van der Waals surface area contributed by atoms with Gasteiger partial charge in [-0.1, -0.05) is 64.7 Å². The highest BCUT2D eigenvalue weighted by Gasteiger charge is 2.63. The largest absolute Gasteiger partial charge is 0.407 e. The molecular formula is C18H32OSi2. The van der Waals surface area contributed by atoms with Gasteiger partial charge in [-0.3, -0.25) is 0 Å². The summed E-state index contributed by atoms with van der Waals surface area (Å²) < 4.78 is 6.96. The van der Waals surface area contributed by atoms with E-state index in [2.05, 4.69) is 84.3 Å². The van der Waals surface area contributed by atoms with E-state index in [0.29, 0.717) is 5.54 Å². The smallest absolute Gasteiger partial charge is 0.185 e. The third-order valence-corrected chi connectivity index (χ3v) is 7.91. The first-order valence-electron chi connectivity index (χ1n) is 8.10. The second-order valence-electron chi connectivity index (χ2n) is 9.59. The zero-order chi connectivity index (χ0) is 16.3. The molecule has 0 radical (unpaired) electrons. The van der Waals surface area contributed by atoms with E-state index in [1.807, 2.05) is 0 Å². The van der Waals surface area contributed by atoms with E-state index >= 15 is 0 Å². The summed E-state index contributed by atoms with van der Waals surface area (Å²) in [5, 5.41) is 0. The summed E-state index contributed by atoms with van der Waals surface area (Å²) in [6.45, 7) is 21.5. The van der Waals surface area contributed by atoms with Crippen LogP contribution in [-0.4, -0.2) is 16.4 Å². The lowest BCUT2D eigenvalue weighted by Gasteiger charge is -2.63. The maximum absolute atomic E-state index is 6.96. The molecule has 1 aromatic rings. The van der Waals surface area contributed by atoms with Crippen LogP contribution in [0.15, 0.2) is 24.3 Å². The van der Waals surface area contributed by atoms with Gasteiger partial charge in [0, 0.05) is 5.54 Å². The first-order chi connectivity index (χ1) is 9.31. The van der Waals surface area contributed by atoms with Gasteiger partial charge in [0.15, 0.2) is 8.32 Å². The molecule has 21 heavy (non-hydrogen) atoms. The predicted molar refractivity (Wildman–Crippen MR) is 98.1 cm³/mol. The lowest BCUT2D eigenvalue weighted by Crippen LogP contribution is -2.64. The summed E-state index contributed by atoms with van der Waals surface area (Å²) in [5.74, 6) is 0. The first-order valence-corrected chi connectivity index (χ1v) is 15.1. The number of rotatable bonds is 3. The molecule has 0 amide bonds. The zero-order valence-corrected chi connectivity index (χ0v) is 17.3. The maximum Gasteiger partial charge on any atom is 0.185 e. The van der Waals surface area contributed by atoms with E-state index in [-0.39, 0.29) is 11.0 Å². The molecule has 1 aliphatic rings. The van der Waals surface area contributed by atoms with Crippen molar-refractivity contribution in [1.82, 2.24) is 0 Å². The van der Waals surface area contributed by atoms with Crippen molar-refractivity contribution in [3.05, 3.63) is 35.4 Å². The summed E-state index contributed by atoms with van der Waals surface area (Å²) >= 11 is 0. The molecule has 0 heterocycles. The van der Waals surface area contributed by atoms with E-state index in [9.17, 15) is 0 Å². The molecule has 0 unspecified atom stereocenters. The van der Waals surface area contributed by atoms with Crippen molar-refractivity contribution in [2.24, 2.45) is 5.41 Å². The Kier molecular flexibility index (Phi) is 3.88. The lowest BCUT2D eigenvalue weighted by atomic mass is 9.60. The molecule has 0 N–H and O–H groups in total. The molecule has 2 atom stereocenters. The predicted octanol–water partition coefficient (Wildman–Crippen LogP) is 5.75. The van der Waals surface area contributed by atoms with E-state index in [4.69, 9.17) is 4.43 Å². The molecule has 0 saturated heterocycles. The SMILES string of the molecule is CC(C)(C)[C@]1(O[Si](C)(C)C)c2ccccc2[C@@H]1[Si](C)(C)C. The third-order valence-electron chi connectivity index (χ3n) is 4.53. The molecule has 0 bridgehead atoms. The summed E-state index contributed by atoms with van der Waals surface area (Å²) in [7, 11) is -3.01.